The minimum atomic E-state index is -4.87. The van der Waals surface area contributed by atoms with Crippen LogP contribution in [-0.2, 0) is 24.7 Å². The lowest BCUT2D eigenvalue weighted by Gasteiger charge is -2.20. The number of alkyl halides is 12. The van der Waals surface area contributed by atoms with Gasteiger partial charge in [-0.05, 0) is 121 Å². The standard InChI is InChI=1S/C49H24F12N4/c1-25-2-11-40-35(16-25)37-20-30(47(53,54)55)8-15-44(37)65(40)45-19-27(33-10-5-29(46(50,51)52)18-28(33)24-63)4-9-34(45)36-17-26(23-62)3-12-41(36)64-42-13-6-31(48(56,57)58)21-38(42)39-22-32(49(59,60)61)7-14-43(39)64/h2-22H,1H3. The Morgan fingerprint density at radius 3 is 1.29 bits per heavy atom. The molecule has 324 valence electrons. The fourth-order valence-electron chi connectivity index (χ4n) is 8.40. The molecule has 0 radical (unpaired) electrons. The average Bonchev–Trinajstić information content (AvgIpc) is 3.75. The number of nitriles is 2. The highest BCUT2D eigenvalue weighted by atomic mass is 19.4. The zero-order valence-corrected chi connectivity index (χ0v) is 32.9. The first-order valence-electron chi connectivity index (χ1n) is 19.2. The van der Waals surface area contributed by atoms with Gasteiger partial charge in [0, 0.05) is 32.7 Å². The number of aromatic nitrogens is 2. The van der Waals surface area contributed by atoms with E-state index < -0.39 is 47.0 Å². The van der Waals surface area contributed by atoms with Gasteiger partial charge in [0.2, 0.25) is 0 Å². The summed E-state index contributed by atoms with van der Waals surface area (Å²) in [6.45, 7) is 1.73. The molecule has 0 atom stereocenters. The van der Waals surface area contributed by atoms with Crippen LogP contribution in [-0.4, -0.2) is 9.13 Å². The molecule has 7 aromatic carbocycles. The van der Waals surface area contributed by atoms with Crippen LogP contribution in [0.2, 0.25) is 0 Å². The number of nitrogens with zero attached hydrogens (tertiary/aromatic N) is 4. The van der Waals surface area contributed by atoms with Crippen molar-refractivity contribution in [3.63, 3.8) is 0 Å². The van der Waals surface area contributed by atoms with Crippen molar-refractivity contribution in [1.29, 1.82) is 10.5 Å². The van der Waals surface area contributed by atoms with Crippen LogP contribution in [0.5, 0.6) is 0 Å². The molecule has 0 unspecified atom stereocenters. The van der Waals surface area contributed by atoms with Crippen LogP contribution in [0.15, 0.2) is 127 Å². The van der Waals surface area contributed by atoms with Crippen molar-refractivity contribution in [2.75, 3.05) is 0 Å². The van der Waals surface area contributed by atoms with Crippen molar-refractivity contribution in [2.45, 2.75) is 31.6 Å². The van der Waals surface area contributed by atoms with E-state index in [1.54, 1.807) is 35.8 Å². The first-order chi connectivity index (χ1) is 30.6. The van der Waals surface area contributed by atoms with Crippen LogP contribution in [0.25, 0.3) is 77.2 Å². The zero-order chi connectivity index (χ0) is 46.5. The molecule has 0 bridgehead atoms. The summed E-state index contributed by atoms with van der Waals surface area (Å²) in [5.41, 5.74) is -2.27. The minimum absolute atomic E-state index is 0.0480. The lowest BCUT2D eigenvalue weighted by atomic mass is 9.93. The van der Waals surface area contributed by atoms with Crippen LogP contribution in [0.3, 0.4) is 0 Å². The van der Waals surface area contributed by atoms with Crippen LogP contribution < -0.4 is 0 Å². The Bertz CT molecular complexity index is 3460. The van der Waals surface area contributed by atoms with E-state index >= 15 is 0 Å². The van der Waals surface area contributed by atoms with E-state index in [-0.39, 0.29) is 77.5 Å². The van der Waals surface area contributed by atoms with E-state index in [1.807, 2.05) is 6.07 Å². The molecule has 0 aliphatic rings. The molecule has 0 amide bonds. The average molecular weight is 897 g/mol. The van der Waals surface area contributed by atoms with Gasteiger partial charge in [-0.25, -0.2) is 0 Å². The summed E-state index contributed by atoms with van der Waals surface area (Å²) >= 11 is 0. The number of hydrogen-bond acceptors (Lipinski definition) is 2. The first-order valence-corrected chi connectivity index (χ1v) is 19.2. The molecule has 0 aliphatic carbocycles. The third-order valence-corrected chi connectivity index (χ3v) is 11.3. The highest BCUT2D eigenvalue weighted by Gasteiger charge is 2.35. The Balaban J connectivity index is 1.42. The van der Waals surface area contributed by atoms with Gasteiger partial charge in [0.1, 0.15) is 0 Å². The summed E-state index contributed by atoms with van der Waals surface area (Å²) in [4.78, 5) is 0. The summed E-state index contributed by atoms with van der Waals surface area (Å²) < 4.78 is 172. The third-order valence-electron chi connectivity index (χ3n) is 11.3. The fraction of sp³-hybridized carbons (Fsp3) is 0.102. The van der Waals surface area contributed by atoms with Gasteiger partial charge in [-0.15, -0.1) is 0 Å². The van der Waals surface area contributed by atoms with Crippen LogP contribution >= 0.6 is 0 Å². The molecule has 4 nitrogen and oxygen atoms in total. The van der Waals surface area contributed by atoms with Gasteiger partial charge in [0.15, 0.2) is 0 Å². The molecule has 0 spiro atoms. The van der Waals surface area contributed by atoms with Crippen LogP contribution in [0, 0.1) is 29.6 Å². The largest absolute Gasteiger partial charge is 0.416 e. The number of rotatable bonds is 4. The quantitative estimate of drug-likeness (QED) is 0.165. The SMILES string of the molecule is Cc1ccc2c(c1)c1cc(C(F)(F)F)ccc1n2-c1cc(-c2ccc(C(F)(F)F)cc2C#N)ccc1-c1cc(C#N)ccc1-n1c2ccc(C(F)(F)F)cc2c2cc(C(F)(F)F)ccc21. The van der Waals surface area contributed by atoms with Gasteiger partial charge in [0.05, 0.1) is 79.0 Å². The van der Waals surface area contributed by atoms with E-state index in [9.17, 15) is 63.2 Å². The van der Waals surface area contributed by atoms with Gasteiger partial charge in [-0.1, -0.05) is 29.8 Å². The van der Waals surface area contributed by atoms with Gasteiger partial charge < -0.3 is 9.13 Å². The highest BCUT2D eigenvalue weighted by Crippen LogP contribution is 2.46. The molecule has 0 saturated heterocycles. The molecule has 16 heteroatoms. The van der Waals surface area contributed by atoms with Gasteiger partial charge >= 0.3 is 24.7 Å². The Hall–Kier alpha value is -7.72. The van der Waals surface area contributed by atoms with Crippen molar-refractivity contribution in [3.05, 3.63) is 166 Å². The number of benzene rings is 7. The van der Waals surface area contributed by atoms with Gasteiger partial charge in [-0.3, -0.25) is 0 Å². The van der Waals surface area contributed by atoms with Crippen molar-refractivity contribution in [1.82, 2.24) is 9.13 Å². The lowest BCUT2D eigenvalue weighted by Crippen LogP contribution is -2.06. The second-order valence-electron chi connectivity index (χ2n) is 15.3. The molecule has 0 saturated carbocycles. The Labute approximate surface area is 359 Å². The van der Waals surface area contributed by atoms with Crippen molar-refractivity contribution in [3.8, 4) is 45.8 Å². The molecule has 65 heavy (non-hydrogen) atoms. The van der Waals surface area contributed by atoms with Crippen molar-refractivity contribution >= 4 is 43.6 Å². The maximum atomic E-state index is 14.2. The van der Waals surface area contributed by atoms with E-state index in [0.29, 0.717) is 22.5 Å². The van der Waals surface area contributed by atoms with E-state index in [2.05, 4.69) is 0 Å². The van der Waals surface area contributed by atoms with Crippen LogP contribution in [0.4, 0.5) is 52.7 Å². The molecule has 2 heterocycles. The molecular weight excluding hydrogens is 873 g/mol. The molecule has 9 aromatic rings. The topological polar surface area (TPSA) is 57.4 Å². The number of halogens is 12. The number of aryl methyl sites for hydroxylation is 1. The number of fused-ring (bicyclic) bond motifs is 6. The summed E-state index contributed by atoms with van der Waals surface area (Å²) in [7, 11) is 0. The molecule has 9 rings (SSSR count). The molecular formula is C49H24F12N4. The van der Waals surface area contributed by atoms with E-state index in [0.717, 1.165) is 60.7 Å². The smallest absolute Gasteiger partial charge is 0.309 e. The maximum Gasteiger partial charge on any atom is 0.416 e. The van der Waals surface area contributed by atoms with Crippen LogP contribution in [0.1, 0.15) is 38.9 Å². The summed E-state index contributed by atoms with van der Waals surface area (Å²) in [6, 6.07) is 28.6. The third kappa shape index (κ3) is 7.25. The normalized spacial score (nSPS) is 12.7. The van der Waals surface area contributed by atoms with E-state index in [4.69, 9.17) is 0 Å². The van der Waals surface area contributed by atoms with E-state index in [1.165, 1.54) is 47.0 Å². The fourth-order valence-corrected chi connectivity index (χ4v) is 8.40. The Morgan fingerprint density at radius 1 is 0.385 bits per heavy atom. The minimum Gasteiger partial charge on any atom is -0.309 e. The van der Waals surface area contributed by atoms with Gasteiger partial charge in [-0.2, -0.15) is 63.2 Å². The summed E-state index contributed by atoms with van der Waals surface area (Å²) in [5.74, 6) is 0. The lowest BCUT2D eigenvalue weighted by molar-refractivity contribution is -0.138. The first kappa shape index (κ1) is 42.6. The predicted molar refractivity (Wildman–Crippen MR) is 220 cm³/mol. The Kier molecular flexibility index (Phi) is 9.61. The summed E-state index contributed by atoms with van der Waals surface area (Å²) in [6.07, 6.45) is -19.3. The van der Waals surface area contributed by atoms with Crippen molar-refractivity contribution in [2.24, 2.45) is 0 Å². The van der Waals surface area contributed by atoms with Crippen molar-refractivity contribution < 1.29 is 52.7 Å². The number of hydrogen-bond donors (Lipinski definition) is 0. The van der Waals surface area contributed by atoms with Gasteiger partial charge in [0.25, 0.3) is 0 Å². The molecule has 2 aromatic heterocycles. The second-order valence-corrected chi connectivity index (χ2v) is 15.3. The molecule has 0 N–H and O–H groups in total. The maximum absolute atomic E-state index is 14.2. The zero-order valence-electron chi connectivity index (χ0n) is 32.9. The second kappa shape index (κ2) is 14.7. The highest BCUT2D eigenvalue weighted by molar-refractivity contribution is 6.12. The predicted octanol–water partition coefficient (Wildman–Crippen LogP) is 15.3. The monoisotopic (exact) mass is 896 g/mol. The Morgan fingerprint density at radius 2 is 0.815 bits per heavy atom. The summed E-state index contributed by atoms with van der Waals surface area (Å²) in [5, 5.41) is 20.4. The molecule has 0 fully saturated rings. The molecule has 0 aliphatic heterocycles.